The van der Waals surface area contributed by atoms with E-state index in [-0.39, 0.29) is 0 Å². The maximum Gasteiger partial charge on any atom is 0.0496 e. The van der Waals surface area contributed by atoms with Crippen molar-refractivity contribution in [2.45, 2.75) is 12.8 Å². The van der Waals surface area contributed by atoms with Crippen LogP contribution < -0.4 is 5.73 Å². The van der Waals surface area contributed by atoms with Crippen molar-refractivity contribution in [3.05, 3.63) is 24.5 Å². The Morgan fingerprint density at radius 1 is 1.73 bits per heavy atom. The van der Waals surface area contributed by atoms with Gasteiger partial charge in [-0.25, -0.2) is 4.68 Å². The molecule has 3 heteroatoms. The maximum absolute atomic E-state index is 5.38. The molecular weight excluding hydrogens is 138 g/mol. The normalized spacial score (nSPS) is 9.91. The van der Waals surface area contributed by atoms with Gasteiger partial charge in [0.05, 0.1) is 0 Å². The third-order valence-corrected chi connectivity index (χ3v) is 1.56. The molecule has 1 rings (SSSR count). The van der Waals surface area contributed by atoms with Crippen LogP contribution >= 0.6 is 0 Å². The number of hydrogen-bond acceptors (Lipinski definition) is 2. The first-order valence-corrected chi connectivity index (χ1v) is 3.73. The van der Waals surface area contributed by atoms with Gasteiger partial charge in [0, 0.05) is 18.1 Å². The summed E-state index contributed by atoms with van der Waals surface area (Å²) in [6.45, 7) is 4.37. The molecule has 3 nitrogen and oxygen atoms in total. The van der Waals surface area contributed by atoms with Gasteiger partial charge in [-0.2, -0.15) is 5.10 Å². The molecule has 2 N–H and O–H groups in total. The molecule has 0 fully saturated rings. The van der Waals surface area contributed by atoms with Gasteiger partial charge in [-0.3, -0.25) is 0 Å². The highest BCUT2D eigenvalue weighted by atomic mass is 15.3. The summed E-state index contributed by atoms with van der Waals surface area (Å²) in [5.41, 5.74) is 6.55. The molecule has 1 aromatic rings. The van der Waals surface area contributed by atoms with Gasteiger partial charge in [0.15, 0.2) is 0 Å². The van der Waals surface area contributed by atoms with Crippen LogP contribution in [0.15, 0.2) is 18.8 Å². The Labute approximate surface area is 66.5 Å². The first kappa shape index (κ1) is 8.01. The fourth-order valence-corrected chi connectivity index (χ4v) is 0.987. The van der Waals surface area contributed by atoms with Gasteiger partial charge < -0.3 is 5.73 Å². The van der Waals surface area contributed by atoms with Crippen molar-refractivity contribution in [1.82, 2.24) is 9.78 Å². The maximum atomic E-state index is 5.38. The van der Waals surface area contributed by atoms with E-state index in [0.29, 0.717) is 0 Å². The zero-order valence-electron chi connectivity index (χ0n) is 6.53. The second-order valence-corrected chi connectivity index (χ2v) is 2.34. The second-order valence-electron chi connectivity index (χ2n) is 2.34. The molecule has 60 valence electrons. The molecule has 0 saturated heterocycles. The molecule has 1 aromatic heterocycles. The van der Waals surface area contributed by atoms with E-state index in [9.17, 15) is 0 Å². The summed E-state index contributed by atoms with van der Waals surface area (Å²) in [5, 5.41) is 4.05. The van der Waals surface area contributed by atoms with E-state index in [4.69, 9.17) is 5.73 Å². The van der Waals surface area contributed by atoms with E-state index in [1.54, 1.807) is 17.1 Å². The largest absolute Gasteiger partial charge is 0.330 e. The zero-order valence-corrected chi connectivity index (χ0v) is 6.53. The van der Waals surface area contributed by atoms with Crippen molar-refractivity contribution in [3.63, 3.8) is 0 Å². The number of nitrogens with zero attached hydrogens (tertiary/aromatic N) is 2. The predicted molar refractivity (Wildman–Crippen MR) is 46.0 cm³/mol. The molecule has 0 radical (unpaired) electrons. The van der Waals surface area contributed by atoms with Gasteiger partial charge in [0.1, 0.15) is 0 Å². The van der Waals surface area contributed by atoms with Crippen LogP contribution in [0.2, 0.25) is 0 Å². The summed E-state index contributed by atoms with van der Waals surface area (Å²) in [4.78, 5) is 0. The SMILES string of the molecule is C=Cn1nccc1CCCN. The molecule has 0 atom stereocenters. The lowest BCUT2D eigenvalue weighted by atomic mass is 10.2. The lowest BCUT2D eigenvalue weighted by Crippen LogP contribution is -2.03. The summed E-state index contributed by atoms with van der Waals surface area (Å²) >= 11 is 0. The van der Waals surface area contributed by atoms with Gasteiger partial charge in [0.25, 0.3) is 0 Å². The second kappa shape index (κ2) is 3.93. The minimum absolute atomic E-state index is 0.725. The van der Waals surface area contributed by atoms with Gasteiger partial charge in [-0.05, 0) is 25.5 Å². The molecule has 11 heavy (non-hydrogen) atoms. The van der Waals surface area contributed by atoms with Crippen molar-refractivity contribution >= 4 is 6.20 Å². The van der Waals surface area contributed by atoms with Crippen molar-refractivity contribution in [2.75, 3.05) is 6.54 Å². The zero-order chi connectivity index (χ0) is 8.10. The fraction of sp³-hybridized carbons (Fsp3) is 0.375. The van der Waals surface area contributed by atoms with Crippen LogP contribution in [0.3, 0.4) is 0 Å². The van der Waals surface area contributed by atoms with Crippen LogP contribution in [0.4, 0.5) is 0 Å². The number of nitrogens with two attached hydrogens (primary N) is 1. The number of aryl methyl sites for hydroxylation is 1. The van der Waals surface area contributed by atoms with Crippen LogP contribution in [-0.4, -0.2) is 16.3 Å². The molecule has 0 aliphatic heterocycles. The smallest absolute Gasteiger partial charge is 0.0496 e. The fourth-order valence-electron chi connectivity index (χ4n) is 0.987. The predicted octanol–water partition coefficient (Wildman–Crippen LogP) is 0.875. The molecular formula is C8H13N3. The lowest BCUT2D eigenvalue weighted by Gasteiger charge is -1.99. The number of hydrogen-bond donors (Lipinski definition) is 1. The minimum atomic E-state index is 0.725. The van der Waals surface area contributed by atoms with E-state index < -0.39 is 0 Å². The van der Waals surface area contributed by atoms with Crippen LogP contribution in [0.25, 0.3) is 6.20 Å². The van der Waals surface area contributed by atoms with E-state index in [1.807, 2.05) is 6.07 Å². The van der Waals surface area contributed by atoms with Crippen molar-refractivity contribution < 1.29 is 0 Å². The lowest BCUT2D eigenvalue weighted by molar-refractivity contribution is 0.768. The quantitative estimate of drug-likeness (QED) is 0.694. The Balaban J connectivity index is 2.61. The van der Waals surface area contributed by atoms with E-state index >= 15 is 0 Å². The Hall–Kier alpha value is -1.09. The molecule has 0 unspecified atom stereocenters. The van der Waals surface area contributed by atoms with Crippen molar-refractivity contribution in [3.8, 4) is 0 Å². The summed E-state index contributed by atoms with van der Waals surface area (Å²) in [7, 11) is 0. The Kier molecular flexibility index (Phi) is 2.86. The third kappa shape index (κ3) is 1.91. The summed E-state index contributed by atoms with van der Waals surface area (Å²) in [6, 6.07) is 1.98. The van der Waals surface area contributed by atoms with Crippen molar-refractivity contribution in [2.24, 2.45) is 5.73 Å². The molecule has 0 aromatic carbocycles. The molecule has 0 aliphatic carbocycles. The Morgan fingerprint density at radius 2 is 2.55 bits per heavy atom. The molecule has 0 spiro atoms. The van der Waals surface area contributed by atoms with Gasteiger partial charge in [-0.1, -0.05) is 6.58 Å². The van der Waals surface area contributed by atoms with Crippen molar-refractivity contribution in [1.29, 1.82) is 0 Å². The minimum Gasteiger partial charge on any atom is -0.330 e. The van der Waals surface area contributed by atoms with Gasteiger partial charge >= 0.3 is 0 Å². The average Bonchev–Trinajstić information content (AvgIpc) is 2.47. The molecule has 0 aliphatic rings. The van der Waals surface area contributed by atoms with E-state index in [2.05, 4.69) is 11.7 Å². The highest BCUT2D eigenvalue weighted by Crippen LogP contribution is 2.01. The number of aromatic nitrogens is 2. The monoisotopic (exact) mass is 151 g/mol. The van der Waals surface area contributed by atoms with E-state index in [1.165, 1.54) is 5.69 Å². The highest BCUT2D eigenvalue weighted by Gasteiger charge is 1.96. The molecule has 0 saturated carbocycles. The summed E-state index contributed by atoms with van der Waals surface area (Å²) in [6.07, 6.45) is 5.45. The molecule has 0 bridgehead atoms. The summed E-state index contributed by atoms with van der Waals surface area (Å²) in [5.74, 6) is 0. The van der Waals surface area contributed by atoms with Crippen LogP contribution in [0, 0.1) is 0 Å². The van der Waals surface area contributed by atoms with Crippen LogP contribution in [-0.2, 0) is 6.42 Å². The van der Waals surface area contributed by atoms with Gasteiger partial charge in [-0.15, -0.1) is 0 Å². The first-order chi connectivity index (χ1) is 5.38. The highest BCUT2D eigenvalue weighted by molar-refractivity contribution is 5.19. The first-order valence-electron chi connectivity index (χ1n) is 3.73. The summed E-state index contributed by atoms with van der Waals surface area (Å²) < 4.78 is 1.77. The molecule has 0 amide bonds. The number of rotatable bonds is 4. The Bertz CT molecular complexity index is 227. The van der Waals surface area contributed by atoms with E-state index in [0.717, 1.165) is 19.4 Å². The topological polar surface area (TPSA) is 43.8 Å². The third-order valence-electron chi connectivity index (χ3n) is 1.56. The van der Waals surface area contributed by atoms with Crippen LogP contribution in [0.5, 0.6) is 0 Å². The Morgan fingerprint density at radius 3 is 3.18 bits per heavy atom. The average molecular weight is 151 g/mol. The standard InChI is InChI=1S/C8H13N3/c1-2-11-8(4-3-6-9)5-7-10-11/h2,5,7H,1,3-4,6,9H2. The molecule has 1 heterocycles. The van der Waals surface area contributed by atoms with Gasteiger partial charge in [0.2, 0.25) is 0 Å². The van der Waals surface area contributed by atoms with Crippen LogP contribution in [0.1, 0.15) is 12.1 Å².